The smallest absolute Gasteiger partial charge is 0.418 e. The van der Waals surface area contributed by atoms with Gasteiger partial charge in [-0.1, -0.05) is 18.2 Å². The molecule has 8 nitrogen and oxygen atoms in total. The lowest BCUT2D eigenvalue weighted by Crippen LogP contribution is -2.51. The minimum atomic E-state index is -1.21. The molecule has 1 aromatic heterocycles. The van der Waals surface area contributed by atoms with E-state index in [1.54, 1.807) is 4.90 Å². The lowest BCUT2D eigenvalue weighted by molar-refractivity contribution is -0.170. The van der Waals surface area contributed by atoms with Crippen molar-refractivity contribution >= 4 is 24.2 Å². The van der Waals surface area contributed by atoms with Gasteiger partial charge in [0.15, 0.2) is 0 Å². The van der Waals surface area contributed by atoms with E-state index in [0.717, 1.165) is 18.7 Å². The molecule has 1 N–H and O–H groups in total. The fraction of sp³-hybridized carbons (Fsp3) is 0.421. The van der Waals surface area contributed by atoms with E-state index in [2.05, 4.69) is 16.5 Å². The van der Waals surface area contributed by atoms with Crippen molar-refractivity contribution in [3.05, 3.63) is 41.7 Å². The van der Waals surface area contributed by atoms with Crippen LogP contribution in [0.15, 0.2) is 35.1 Å². The number of nitrogens with zero attached hydrogens (tertiary/aromatic N) is 3. The zero-order valence-electron chi connectivity index (χ0n) is 14.9. The summed E-state index contributed by atoms with van der Waals surface area (Å²) in [6, 6.07) is 9.74. The Bertz CT molecular complexity index is 1020. The molecule has 2 unspecified atom stereocenters. The van der Waals surface area contributed by atoms with Crippen molar-refractivity contribution in [2.45, 2.75) is 24.2 Å². The first-order valence-corrected chi connectivity index (χ1v) is 9.01. The van der Waals surface area contributed by atoms with Crippen LogP contribution in [0.2, 0.25) is 0 Å². The number of para-hydroxylation sites is 1. The van der Waals surface area contributed by atoms with Crippen LogP contribution >= 0.6 is 12.4 Å². The summed E-state index contributed by atoms with van der Waals surface area (Å²) >= 11 is 0. The molecule has 4 aliphatic rings. The van der Waals surface area contributed by atoms with Crippen LogP contribution in [-0.2, 0) is 15.9 Å². The van der Waals surface area contributed by atoms with Gasteiger partial charge in [0.2, 0.25) is 0 Å². The van der Waals surface area contributed by atoms with Gasteiger partial charge in [0.05, 0.1) is 17.2 Å². The number of halogens is 1. The summed E-state index contributed by atoms with van der Waals surface area (Å²) in [5.74, 6) is -0.311. The molecule has 0 radical (unpaired) electrons. The van der Waals surface area contributed by atoms with Crippen LogP contribution in [0.5, 0.6) is 5.88 Å². The van der Waals surface area contributed by atoms with Crippen LogP contribution in [-0.4, -0.2) is 30.4 Å². The molecule has 144 valence electrons. The molecule has 1 amide bonds. The van der Waals surface area contributed by atoms with Gasteiger partial charge in [-0.05, 0) is 23.7 Å². The van der Waals surface area contributed by atoms with E-state index in [1.165, 1.54) is 6.26 Å². The van der Waals surface area contributed by atoms with E-state index in [1.807, 2.05) is 31.2 Å². The zero-order valence-corrected chi connectivity index (χ0v) is 15.7. The van der Waals surface area contributed by atoms with Gasteiger partial charge in [0, 0.05) is 24.9 Å². The summed E-state index contributed by atoms with van der Waals surface area (Å²) < 4.78 is 16.3. The zero-order chi connectivity index (χ0) is 18.4. The van der Waals surface area contributed by atoms with Gasteiger partial charge in [0.25, 0.3) is 5.88 Å². The largest absolute Gasteiger partial charge is 0.425 e. The lowest BCUT2D eigenvalue weighted by Gasteiger charge is -2.37. The van der Waals surface area contributed by atoms with Crippen molar-refractivity contribution in [2.75, 3.05) is 18.0 Å². The fourth-order valence-corrected chi connectivity index (χ4v) is 5.17. The predicted molar refractivity (Wildman–Crippen MR) is 98.1 cm³/mol. The van der Waals surface area contributed by atoms with E-state index in [9.17, 15) is 10.1 Å². The number of nitriles is 1. The number of aromatic nitrogens is 1. The summed E-state index contributed by atoms with van der Waals surface area (Å²) in [5, 5.41) is 17.1. The number of benzene rings is 1. The molecule has 9 heteroatoms. The fourth-order valence-electron chi connectivity index (χ4n) is 5.17. The maximum absolute atomic E-state index is 12.8. The molecule has 1 aromatic carbocycles. The predicted octanol–water partition coefficient (Wildman–Crippen LogP) is 2.30. The molecule has 5 atom stereocenters. The van der Waals surface area contributed by atoms with E-state index in [4.69, 9.17) is 14.0 Å². The molecule has 4 heterocycles. The van der Waals surface area contributed by atoms with Gasteiger partial charge in [-0.15, -0.1) is 12.4 Å². The molecule has 2 aromatic rings. The van der Waals surface area contributed by atoms with E-state index >= 15 is 0 Å². The number of hydrogen-bond donors (Lipinski definition) is 1. The topological polar surface area (TPSA) is 101 Å². The van der Waals surface area contributed by atoms with Crippen LogP contribution < -0.4 is 15.0 Å². The van der Waals surface area contributed by atoms with Crippen molar-refractivity contribution in [3.63, 3.8) is 0 Å². The van der Waals surface area contributed by atoms with Gasteiger partial charge >= 0.3 is 11.9 Å². The van der Waals surface area contributed by atoms with Gasteiger partial charge in [-0.25, -0.2) is 4.79 Å². The van der Waals surface area contributed by atoms with E-state index in [-0.39, 0.29) is 24.2 Å². The number of carbonyl (C=O) groups is 1. The molecule has 1 spiro atoms. The number of hydrogen-bond acceptors (Lipinski definition) is 7. The van der Waals surface area contributed by atoms with Crippen LogP contribution in [0.1, 0.15) is 18.1 Å². The first kappa shape index (κ1) is 17.3. The SMILES string of the molecule is C[C@@H]1N(c2ccccc2C2(C#N)C3CNC[C@H]32)C(=O)O[C@@]12Oc1nocc12.Cl. The third-order valence-electron chi connectivity index (χ3n) is 6.60. The summed E-state index contributed by atoms with van der Waals surface area (Å²) in [6.45, 7) is 3.51. The molecule has 2 saturated heterocycles. The van der Waals surface area contributed by atoms with Gasteiger partial charge in [-0.3, -0.25) is 4.90 Å². The number of anilines is 1. The molecule has 28 heavy (non-hydrogen) atoms. The Labute approximate surface area is 166 Å². The number of rotatable bonds is 2. The third kappa shape index (κ3) is 1.74. The summed E-state index contributed by atoms with van der Waals surface area (Å²) in [7, 11) is 0. The number of amides is 1. The molecule has 1 saturated carbocycles. The summed E-state index contributed by atoms with van der Waals surface area (Å²) in [5.41, 5.74) is 1.66. The van der Waals surface area contributed by atoms with E-state index in [0.29, 0.717) is 17.1 Å². The first-order valence-electron chi connectivity index (χ1n) is 9.01. The standard InChI is InChI=1S/C19H16N4O4.ClH/c1-10-19(14-8-25-22-16(14)26-19)27-17(24)23(10)15-5-3-2-4-11(15)18(9-20)12-6-21-7-13(12)18;/h2-5,8,10,12-13,21H,6-7H2,1H3;1H/t10-,12+,13?,18?,19-;/m0./s1. The number of piperidine rings is 1. The average molecular weight is 401 g/mol. The Balaban J connectivity index is 0.00000171. The average Bonchev–Trinajstić information content (AvgIpc) is 3.07. The highest BCUT2D eigenvalue weighted by atomic mass is 35.5. The second-order valence-electron chi connectivity index (χ2n) is 7.59. The van der Waals surface area contributed by atoms with Gasteiger partial charge in [0.1, 0.15) is 17.9 Å². The minimum Gasteiger partial charge on any atom is -0.425 e. The molecular formula is C19H17ClN4O4. The first-order chi connectivity index (χ1) is 13.1. The van der Waals surface area contributed by atoms with Crippen LogP contribution in [0, 0.1) is 23.2 Å². The van der Waals surface area contributed by atoms with Crippen molar-refractivity contribution in [2.24, 2.45) is 11.8 Å². The highest BCUT2D eigenvalue weighted by molar-refractivity contribution is 5.93. The molecule has 3 fully saturated rings. The normalized spacial score (nSPS) is 36.5. The Kier molecular flexibility index (Phi) is 3.35. The summed E-state index contributed by atoms with van der Waals surface area (Å²) in [6.07, 6.45) is 0.949. The maximum atomic E-state index is 12.8. The van der Waals surface area contributed by atoms with Crippen LogP contribution in [0.3, 0.4) is 0 Å². The van der Waals surface area contributed by atoms with Crippen molar-refractivity contribution < 1.29 is 18.8 Å². The second kappa shape index (κ2) is 5.40. The highest BCUT2D eigenvalue weighted by Crippen LogP contribution is 2.63. The number of ether oxygens (including phenoxy) is 2. The van der Waals surface area contributed by atoms with E-state index < -0.39 is 23.3 Å². The maximum Gasteiger partial charge on any atom is 0.418 e. The van der Waals surface area contributed by atoms with Crippen molar-refractivity contribution in [1.29, 1.82) is 5.26 Å². The molecule has 3 aliphatic heterocycles. The molecule has 0 bridgehead atoms. The Hall–Kier alpha value is -2.76. The lowest BCUT2D eigenvalue weighted by atomic mass is 9.89. The Morgan fingerprint density at radius 2 is 2.00 bits per heavy atom. The third-order valence-corrected chi connectivity index (χ3v) is 6.60. The van der Waals surface area contributed by atoms with Crippen LogP contribution in [0.25, 0.3) is 0 Å². The second-order valence-corrected chi connectivity index (χ2v) is 7.59. The monoisotopic (exact) mass is 400 g/mol. The van der Waals surface area contributed by atoms with Crippen LogP contribution in [0.4, 0.5) is 10.5 Å². The number of nitrogens with one attached hydrogen (secondary N) is 1. The number of carbonyl (C=O) groups excluding carboxylic acids is 1. The highest BCUT2D eigenvalue weighted by Gasteiger charge is 2.70. The van der Waals surface area contributed by atoms with Gasteiger partial charge in [-0.2, -0.15) is 5.26 Å². The van der Waals surface area contributed by atoms with Gasteiger partial charge < -0.3 is 19.3 Å². The molecule has 1 aliphatic carbocycles. The van der Waals surface area contributed by atoms with Crippen molar-refractivity contribution in [1.82, 2.24) is 10.5 Å². The molecule has 6 rings (SSSR count). The quantitative estimate of drug-likeness (QED) is 0.825. The summed E-state index contributed by atoms with van der Waals surface area (Å²) in [4.78, 5) is 14.4. The minimum absolute atomic E-state index is 0. The number of fused-ring (bicyclic) bond motifs is 3. The van der Waals surface area contributed by atoms with Crippen molar-refractivity contribution in [3.8, 4) is 11.9 Å². The Morgan fingerprint density at radius 1 is 1.25 bits per heavy atom. The Morgan fingerprint density at radius 3 is 2.71 bits per heavy atom. The molecular weight excluding hydrogens is 384 g/mol.